The Bertz CT molecular complexity index is 903. The lowest BCUT2D eigenvalue weighted by Gasteiger charge is -2.14. The van der Waals surface area contributed by atoms with Gasteiger partial charge >= 0.3 is 6.03 Å². The molecule has 2 heterocycles. The molecule has 8 heteroatoms. The lowest BCUT2D eigenvalue weighted by atomic mass is 10.1. The highest BCUT2D eigenvalue weighted by Crippen LogP contribution is 2.16. The highest BCUT2D eigenvalue weighted by Gasteiger charge is 2.14. The van der Waals surface area contributed by atoms with Gasteiger partial charge in [-0.2, -0.15) is 5.10 Å². The summed E-state index contributed by atoms with van der Waals surface area (Å²) in [5, 5.41) is 9.87. The third-order valence-electron chi connectivity index (χ3n) is 4.11. The Morgan fingerprint density at radius 3 is 2.81 bits per heavy atom. The number of hydrogen-bond acceptors (Lipinski definition) is 3. The number of halogens is 1. The first-order valence-corrected chi connectivity index (χ1v) is 8.25. The molecular formula is C18H21FN6O. The molecule has 1 atom stereocenters. The van der Waals surface area contributed by atoms with E-state index in [-0.39, 0.29) is 24.4 Å². The predicted octanol–water partition coefficient (Wildman–Crippen LogP) is 2.61. The van der Waals surface area contributed by atoms with Gasteiger partial charge in [0.15, 0.2) is 0 Å². The van der Waals surface area contributed by atoms with E-state index in [0.29, 0.717) is 11.3 Å². The number of hydrogen-bond donors (Lipinski definition) is 2. The Balaban J connectivity index is 1.57. The number of urea groups is 1. The van der Waals surface area contributed by atoms with Crippen LogP contribution in [0.5, 0.6) is 0 Å². The van der Waals surface area contributed by atoms with Crippen molar-refractivity contribution < 1.29 is 9.18 Å². The quantitative estimate of drug-likeness (QED) is 0.738. The minimum atomic E-state index is -0.373. The van der Waals surface area contributed by atoms with Crippen LogP contribution in [0.3, 0.4) is 0 Å². The van der Waals surface area contributed by atoms with E-state index >= 15 is 0 Å². The van der Waals surface area contributed by atoms with E-state index in [9.17, 15) is 9.18 Å². The Morgan fingerprint density at radius 2 is 2.19 bits per heavy atom. The van der Waals surface area contributed by atoms with Crippen molar-refractivity contribution in [3.63, 3.8) is 0 Å². The van der Waals surface area contributed by atoms with Gasteiger partial charge in [0.25, 0.3) is 0 Å². The van der Waals surface area contributed by atoms with Crippen LogP contribution in [0.4, 0.5) is 9.18 Å². The second-order valence-corrected chi connectivity index (χ2v) is 6.15. The van der Waals surface area contributed by atoms with Gasteiger partial charge in [-0.25, -0.2) is 14.2 Å². The molecular weight excluding hydrogens is 335 g/mol. The van der Waals surface area contributed by atoms with Crippen molar-refractivity contribution >= 4 is 6.03 Å². The molecule has 0 spiro atoms. The van der Waals surface area contributed by atoms with E-state index in [1.54, 1.807) is 33.8 Å². The number of carbonyl (C=O) groups excluding carboxylic acids is 1. The molecule has 136 valence electrons. The third-order valence-corrected chi connectivity index (χ3v) is 4.11. The topological polar surface area (TPSA) is 76.8 Å². The van der Waals surface area contributed by atoms with E-state index in [1.807, 2.05) is 27.1 Å². The van der Waals surface area contributed by atoms with Gasteiger partial charge in [-0.05, 0) is 31.5 Å². The van der Waals surface area contributed by atoms with E-state index < -0.39 is 0 Å². The highest BCUT2D eigenvalue weighted by molar-refractivity contribution is 5.74. The van der Waals surface area contributed by atoms with Gasteiger partial charge in [0, 0.05) is 37.7 Å². The molecule has 0 saturated heterocycles. The minimum Gasteiger partial charge on any atom is -0.334 e. The molecule has 2 N–H and O–H groups in total. The number of nitrogens with zero attached hydrogens (tertiary/aromatic N) is 4. The van der Waals surface area contributed by atoms with Crippen LogP contribution in [0.25, 0.3) is 5.69 Å². The molecule has 1 aromatic carbocycles. The summed E-state index contributed by atoms with van der Waals surface area (Å²) in [5.74, 6) is -0.373. The van der Waals surface area contributed by atoms with Gasteiger partial charge < -0.3 is 15.2 Å². The van der Waals surface area contributed by atoms with Gasteiger partial charge in [0.2, 0.25) is 0 Å². The number of carbonyl (C=O) groups is 1. The van der Waals surface area contributed by atoms with Crippen molar-refractivity contribution in [2.45, 2.75) is 26.4 Å². The molecule has 0 saturated carbocycles. The number of imidazole rings is 1. The van der Waals surface area contributed by atoms with Crippen LogP contribution in [0.2, 0.25) is 0 Å². The van der Waals surface area contributed by atoms with E-state index in [1.165, 1.54) is 12.4 Å². The summed E-state index contributed by atoms with van der Waals surface area (Å²) in [6, 6.07) is 4.34. The Hall–Kier alpha value is -3.16. The fraction of sp³-hybridized carbons (Fsp3) is 0.278. The van der Waals surface area contributed by atoms with Crippen molar-refractivity contribution in [2.75, 3.05) is 0 Å². The molecule has 0 fully saturated rings. The highest BCUT2D eigenvalue weighted by atomic mass is 19.1. The second-order valence-electron chi connectivity index (χ2n) is 6.15. The van der Waals surface area contributed by atoms with Crippen molar-refractivity contribution in [3.05, 3.63) is 65.8 Å². The molecule has 3 aromatic rings. The first-order chi connectivity index (χ1) is 12.4. The summed E-state index contributed by atoms with van der Waals surface area (Å²) in [7, 11) is 1.84. The molecule has 0 aliphatic heterocycles. The van der Waals surface area contributed by atoms with Gasteiger partial charge in [-0.15, -0.1) is 0 Å². The lowest BCUT2D eigenvalue weighted by Crippen LogP contribution is -2.36. The summed E-state index contributed by atoms with van der Waals surface area (Å²) in [6.07, 6.45) is 6.67. The maximum atomic E-state index is 14.2. The monoisotopic (exact) mass is 356 g/mol. The van der Waals surface area contributed by atoms with Crippen LogP contribution in [0.15, 0.2) is 43.1 Å². The van der Waals surface area contributed by atoms with Crippen LogP contribution in [-0.2, 0) is 13.6 Å². The molecule has 0 aliphatic rings. The number of aromatic nitrogens is 4. The van der Waals surface area contributed by atoms with Crippen molar-refractivity contribution in [3.8, 4) is 5.69 Å². The summed E-state index contributed by atoms with van der Waals surface area (Å²) in [5.41, 5.74) is 2.92. The fourth-order valence-corrected chi connectivity index (χ4v) is 2.82. The van der Waals surface area contributed by atoms with Gasteiger partial charge in [-0.1, -0.05) is 6.07 Å². The molecule has 1 unspecified atom stereocenters. The maximum Gasteiger partial charge on any atom is 0.315 e. The normalized spacial score (nSPS) is 12.0. The zero-order chi connectivity index (χ0) is 18.7. The average molecular weight is 356 g/mol. The number of amides is 2. The molecule has 0 bridgehead atoms. The molecule has 0 aliphatic carbocycles. The molecule has 2 aromatic heterocycles. The van der Waals surface area contributed by atoms with Gasteiger partial charge in [0.05, 0.1) is 23.8 Å². The lowest BCUT2D eigenvalue weighted by molar-refractivity contribution is 0.237. The Labute approximate surface area is 150 Å². The van der Waals surface area contributed by atoms with Gasteiger partial charge in [-0.3, -0.25) is 4.68 Å². The molecule has 3 rings (SSSR count). The van der Waals surface area contributed by atoms with Gasteiger partial charge in [0.1, 0.15) is 5.82 Å². The standard InChI is InChI=1S/C18H21FN6O/c1-12(15-10-24(3)23-13(15)2)22-18(26)21-9-14-4-5-17(16(19)8-14)25-7-6-20-11-25/h4-8,10-12H,9H2,1-3H3,(H2,21,22,26). The van der Waals surface area contributed by atoms with Crippen LogP contribution < -0.4 is 10.6 Å². The zero-order valence-corrected chi connectivity index (χ0v) is 14.9. The number of rotatable bonds is 5. The van der Waals surface area contributed by atoms with Crippen LogP contribution in [0.1, 0.15) is 29.8 Å². The SMILES string of the molecule is Cc1nn(C)cc1C(C)NC(=O)NCc1ccc(-n2ccnc2)c(F)c1. The largest absolute Gasteiger partial charge is 0.334 e. The number of benzene rings is 1. The number of nitrogens with one attached hydrogen (secondary N) is 2. The van der Waals surface area contributed by atoms with E-state index in [2.05, 4.69) is 20.7 Å². The van der Waals surface area contributed by atoms with E-state index in [0.717, 1.165) is 11.3 Å². The maximum absolute atomic E-state index is 14.2. The van der Waals surface area contributed by atoms with E-state index in [4.69, 9.17) is 0 Å². The van der Waals surface area contributed by atoms with Crippen LogP contribution in [0, 0.1) is 12.7 Å². The van der Waals surface area contributed by atoms with Crippen molar-refractivity contribution in [1.29, 1.82) is 0 Å². The van der Waals surface area contributed by atoms with Crippen LogP contribution >= 0.6 is 0 Å². The smallest absolute Gasteiger partial charge is 0.315 e. The average Bonchev–Trinajstić information content (AvgIpc) is 3.22. The number of aryl methyl sites for hydroxylation is 2. The predicted molar refractivity (Wildman–Crippen MR) is 95.3 cm³/mol. The molecule has 26 heavy (non-hydrogen) atoms. The van der Waals surface area contributed by atoms with Crippen LogP contribution in [-0.4, -0.2) is 25.4 Å². The third kappa shape index (κ3) is 3.90. The van der Waals surface area contributed by atoms with Crippen molar-refractivity contribution in [2.24, 2.45) is 7.05 Å². The summed E-state index contributed by atoms with van der Waals surface area (Å²) < 4.78 is 17.5. The molecule has 2 amide bonds. The Morgan fingerprint density at radius 1 is 1.38 bits per heavy atom. The zero-order valence-electron chi connectivity index (χ0n) is 14.9. The molecule has 7 nitrogen and oxygen atoms in total. The fourth-order valence-electron chi connectivity index (χ4n) is 2.82. The van der Waals surface area contributed by atoms with Crippen molar-refractivity contribution in [1.82, 2.24) is 30.0 Å². The summed E-state index contributed by atoms with van der Waals surface area (Å²) in [4.78, 5) is 16.0. The Kier molecular flexibility index (Phi) is 5.01. The summed E-state index contributed by atoms with van der Waals surface area (Å²) >= 11 is 0. The first kappa shape index (κ1) is 17.7. The molecule has 0 radical (unpaired) electrons. The minimum absolute atomic E-state index is 0.177. The second kappa shape index (κ2) is 7.38. The first-order valence-electron chi connectivity index (χ1n) is 8.25. The summed E-state index contributed by atoms with van der Waals surface area (Å²) in [6.45, 7) is 4.02.